The van der Waals surface area contributed by atoms with Crippen molar-refractivity contribution in [2.45, 2.75) is 12.8 Å². The Morgan fingerprint density at radius 1 is 1.27 bits per heavy atom. The number of primary amides is 1. The number of piperidine rings is 1. The topological polar surface area (TPSA) is 103 Å². The third-order valence-corrected chi connectivity index (χ3v) is 3.71. The number of hydrogen-bond acceptors (Lipinski definition) is 5. The lowest BCUT2D eigenvalue weighted by Gasteiger charge is -2.22. The molecular formula is C15H21N3O4. The van der Waals surface area contributed by atoms with Gasteiger partial charge >= 0.3 is 0 Å². The number of benzene rings is 1. The molecule has 1 unspecified atom stereocenters. The van der Waals surface area contributed by atoms with Crippen LogP contribution in [-0.2, 0) is 4.79 Å². The van der Waals surface area contributed by atoms with Gasteiger partial charge in [-0.15, -0.1) is 0 Å². The maximum absolute atomic E-state index is 12.3. The van der Waals surface area contributed by atoms with E-state index in [0.29, 0.717) is 23.7 Å². The Bertz CT molecular complexity index is 568. The summed E-state index contributed by atoms with van der Waals surface area (Å²) >= 11 is 0. The molecule has 1 saturated heterocycles. The highest BCUT2D eigenvalue weighted by Crippen LogP contribution is 2.33. The van der Waals surface area contributed by atoms with Crippen LogP contribution in [0.3, 0.4) is 0 Å². The number of ether oxygens (including phenoxy) is 2. The predicted octanol–water partition coefficient (Wildman–Crippen LogP) is 0.741. The van der Waals surface area contributed by atoms with Gasteiger partial charge in [-0.3, -0.25) is 9.59 Å². The Balaban J connectivity index is 2.27. The molecule has 120 valence electrons. The molecule has 22 heavy (non-hydrogen) atoms. The maximum atomic E-state index is 12.3. The lowest BCUT2D eigenvalue weighted by atomic mass is 9.98. The number of amides is 2. The first-order chi connectivity index (χ1) is 10.6. The van der Waals surface area contributed by atoms with Crippen LogP contribution in [0.4, 0.5) is 5.69 Å². The third kappa shape index (κ3) is 3.48. The number of carbonyl (C=O) groups is 2. The molecule has 1 aromatic carbocycles. The monoisotopic (exact) mass is 307 g/mol. The molecule has 1 heterocycles. The SMILES string of the molecule is COc1cc(NC(=O)C2CCCNC2)c(C(N)=O)cc1OC. The second kappa shape index (κ2) is 7.13. The minimum atomic E-state index is -0.641. The van der Waals surface area contributed by atoms with Crippen LogP contribution in [0.5, 0.6) is 11.5 Å². The Morgan fingerprint density at radius 2 is 1.95 bits per heavy atom. The van der Waals surface area contributed by atoms with Crippen LogP contribution < -0.4 is 25.8 Å². The minimum absolute atomic E-state index is 0.123. The van der Waals surface area contributed by atoms with E-state index < -0.39 is 5.91 Å². The van der Waals surface area contributed by atoms with E-state index in [1.54, 1.807) is 6.07 Å². The van der Waals surface area contributed by atoms with Crippen LogP contribution in [0.15, 0.2) is 12.1 Å². The molecule has 0 saturated carbocycles. The highest BCUT2D eigenvalue weighted by atomic mass is 16.5. The molecule has 7 heteroatoms. The molecule has 1 atom stereocenters. The standard InChI is InChI=1S/C15H21N3O4/c1-21-12-6-10(14(16)19)11(7-13(12)22-2)18-15(20)9-4-3-5-17-8-9/h6-7,9,17H,3-5,8H2,1-2H3,(H2,16,19)(H,18,20). The number of nitrogens with one attached hydrogen (secondary N) is 2. The van der Waals surface area contributed by atoms with Crippen molar-refractivity contribution < 1.29 is 19.1 Å². The van der Waals surface area contributed by atoms with Gasteiger partial charge in [-0.1, -0.05) is 0 Å². The number of methoxy groups -OCH3 is 2. The van der Waals surface area contributed by atoms with E-state index in [-0.39, 0.29) is 17.4 Å². The normalized spacial score (nSPS) is 17.6. The number of carbonyl (C=O) groups excluding carboxylic acids is 2. The van der Waals surface area contributed by atoms with E-state index in [9.17, 15) is 9.59 Å². The van der Waals surface area contributed by atoms with Crippen molar-refractivity contribution >= 4 is 17.5 Å². The molecule has 1 aromatic rings. The summed E-state index contributed by atoms with van der Waals surface area (Å²) in [6.45, 7) is 1.55. The van der Waals surface area contributed by atoms with Gasteiger partial charge in [0.2, 0.25) is 5.91 Å². The van der Waals surface area contributed by atoms with Crippen LogP contribution in [0.25, 0.3) is 0 Å². The molecular weight excluding hydrogens is 286 g/mol. The fourth-order valence-corrected chi connectivity index (χ4v) is 2.50. The molecule has 1 aliphatic heterocycles. The van der Waals surface area contributed by atoms with Crippen LogP contribution in [0.2, 0.25) is 0 Å². The van der Waals surface area contributed by atoms with Crippen LogP contribution >= 0.6 is 0 Å². The van der Waals surface area contributed by atoms with Gasteiger partial charge in [-0.05, 0) is 25.5 Å². The van der Waals surface area contributed by atoms with Crippen LogP contribution in [-0.4, -0.2) is 39.1 Å². The zero-order valence-corrected chi connectivity index (χ0v) is 12.8. The van der Waals surface area contributed by atoms with E-state index in [4.69, 9.17) is 15.2 Å². The molecule has 0 aliphatic carbocycles. The van der Waals surface area contributed by atoms with Gasteiger partial charge in [-0.2, -0.15) is 0 Å². The van der Waals surface area contributed by atoms with Gasteiger partial charge in [0.05, 0.1) is 31.4 Å². The Hall–Kier alpha value is -2.28. The molecule has 4 N–H and O–H groups in total. The Kier molecular flexibility index (Phi) is 5.21. The fraction of sp³-hybridized carbons (Fsp3) is 0.467. The molecule has 0 aromatic heterocycles. The molecule has 2 amide bonds. The van der Waals surface area contributed by atoms with E-state index in [2.05, 4.69) is 10.6 Å². The van der Waals surface area contributed by atoms with Crippen molar-refractivity contribution in [2.24, 2.45) is 11.7 Å². The molecule has 1 fully saturated rings. The van der Waals surface area contributed by atoms with Gasteiger partial charge < -0.3 is 25.8 Å². The van der Waals surface area contributed by atoms with E-state index in [1.165, 1.54) is 20.3 Å². The average molecular weight is 307 g/mol. The summed E-state index contributed by atoms with van der Waals surface area (Å²) in [5.41, 5.74) is 5.91. The van der Waals surface area contributed by atoms with Crippen molar-refractivity contribution in [3.8, 4) is 11.5 Å². The van der Waals surface area contributed by atoms with Crippen molar-refractivity contribution in [1.82, 2.24) is 5.32 Å². The first-order valence-corrected chi connectivity index (χ1v) is 7.14. The fourth-order valence-electron chi connectivity index (χ4n) is 2.50. The summed E-state index contributed by atoms with van der Waals surface area (Å²) in [5.74, 6) is -0.0966. The summed E-state index contributed by atoms with van der Waals surface area (Å²) in [6.07, 6.45) is 1.77. The number of rotatable bonds is 5. The second-order valence-corrected chi connectivity index (χ2v) is 5.15. The minimum Gasteiger partial charge on any atom is -0.493 e. The molecule has 0 bridgehead atoms. The molecule has 2 rings (SSSR count). The molecule has 0 radical (unpaired) electrons. The summed E-state index contributed by atoms with van der Waals surface area (Å²) in [7, 11) is 2.95. The summed E-state index contributed by atoms with van der Waals surface area (Å²) in [4.78, 5) is 23.9. The van der Waals surface area contributed by atoms with E-state index >= 15 is 0 Å². The Labute approximate surface area is 129 Å². The highest BCUT2D eigenvalue weighted by Gasteiger charge is 2.23. The predicted molar refractivity (Wildman–Crippen MR) is 82.3 cm³/mol. The number of anilines is 1. The van der Waals surface area contributed by atoms with Gasteiger partial charge in [0.15, 0.2) is 11.5 Å². The second-order valence-electron chi connectivity index (χ2n) is 5.15. The zero-order valence-electron chi connectivity index (χ0n) is 12.8. The highest BCUT2D eigenvalue weighted by molar-refractivity contribution is 6.04. The summed E-state index contributed by atoms with van der Waals surface area (Å²) in [6, 6.07) is 3.02. The molecule has 7 nitrogen and oxygen atoms in total. The van der Waals surface area contributed by atoms with Gasteiger partial charge in [0.1, 0.15) is 0 Å². The van der Waals surface area contributed by atoms with E-state index in [1.807, 2.05) is 0 Å². The molecule has 1 aliphatic rings. The van der Waals surface area contributed by atoms with Gasteiger partial charge in [-0.25, -0.2) is 0 Å². The first-order valence-electron chi connectivity index (χ1n) is 7.14. The van der Waals surface area contributed by atoms with Gasteiger partial charge in [0.25, 0.3) is 5.91 Å². The van der Waals surface area contributed by atoms with Crippen molar-refractivity contribution in [1.29, 1.82) is 0 Å². The van der Waals surface area contributed by atoms with Gasteiger partial charge in [0, 0.05) is 12.6 Å². The van der Waals surface area contributed by atoms with Crippen LogP contribution in [0.1, 0.15) is 23.2 Å². The van der Waals surface area contributed by atoms with Crippen molar-refractivity contribution in [2.75, 3.05) is 32.6 Å². The number of nitrogens with two attached hydrogens (primary N) is 1. The Morgan fingerprint density at radius 3 is 2.50 bits per heavy atom. The average Bonchev–Trinajstić information content (AvgIpc) is 2.54. The zero-order chi connectivity index (χ0) is 16.1. The maximum Gasteiger partial charge on any atom is 0.250 e. The summed E-state index contributed by atoms with van der Waals surface area (Å²) < 4.78 is 10.3. The quantitative estimate of drug-likeness (QED) is 0.744. The lowest BCUT2D eigenvalue weighted by Crippen LogP contribution is -2.37. The van der Waals surface area contributed by atoms with Crippen molar-refractivity contribution in [3.05, 3.63) is 17.7 Å². The number of hydrogen-bond donors (Lipinski definition) is 3. The van der Waals surface area contributed by atoms with Crippen LogP contribution in [0, 0.1) is 5.92 Å². The summed E-state index contributed by atoms with van der Waals surface area (Å²) in [5, 5.41) is 5.95. The third-order valence-electron chi connectivity index (χ3n) is 3.71. The largest absolute Gasteiger partial charge is 0.493 e. The molecule has 0 spiro atoms. The first kappa shape index (κ1) is 16.1. The van der Waals surface area contributed by atoms with Crippen molar-refractivity contribution in [3.63, 3.8) is 0 Å². The van der Waals surface area contributed by atoms with E-state index in [0.717, 1.165) is 19.4 Å². The smallest absolute Gasteiger partial charge is 0.250 e. The lowest BCUT2D eigenvalue weighted by molar-refractivity contribution is -0.120.